The van der Waals surface area contributed by atoms with E-state index in [-0.39, 0.29) is 23.6 Å². The Morgan fingerprint density at radius 2 is 2.17 bits per heavy atom. The summed E-state index contributed by atoms with van der Waals surface area (Å²) in [5.41, 5.74) is 1.82. The van der Waals surface area contributed by atoms with Crippen LogP contribution in [0.4, 0.5) is 26.1 Å². The van der Waals surface area contributed by atoms with Gasteiger partial charge in [-0.2, -0.15) is 9.65 Å². The first-order valence-electron chi connectivity index (χ1n) is 9.45. The van der Waals surface area contributed by atoms with Gasteiger partial charge in [-0.25, -0.2) is 19.3 Å². The lowest BCUT2D eigenvalue weighted by atomic mass is 10.2. The van der Waals surface area contributed by atoms with Crippen molar-refractivity contribution in [1.82, 2.24) is 19.5 Å². The molecule has 0 unspecified atom stereocenters. The third-order valence-corrected chi connectivity index (χ3v) is 5.11. The summed E-state index contributed by atoms with van der Waals surface area (Å²) in [5, 5.41) is 11.7. The molecule has 0 aliphatic heterocycles. The van der Waals surface area contributed by atoms with Gasteiger partial charge in [-0.3, -0.25) is 4.79 Å². The van der Waals surface area contributed by atoms with Crippen LogP contribution in [0.5, 0.6) is 0 Å². The number of alkyl halides is 1. The van der Waals surface area contributed by atoms with Gasteiger partial charge in [-0.1, -0.05) is 0 Å². The van der Waals surface area contributed by atoms with Gasteiger partial charge in [0.05, 0.1) is 17.8 Å². The van der Waals surface area contributed by atoms with Crippen molar-refractivity contribution in [3.8, 4) is 6.07 Å². The number of nitrogens with one attached hydrogen (secondary N) is 1. The number of nitrogens with zero attached hydrogens (tertiary/aromatic N) is 6. The first kappa shape index (κ1) is 19.7. The SMILES string of the molecule is CCN(c1cc2c(ncn2C)c(NC(=O)[C@H]2C[C@H]2F)n1)c1c(C)cc(C#N)nc1F. The van der Waals surface area contributed by atoms with Crippen molar-refractivity contribution in [2.24, 2.45) is 13.0 Å². The molecule has 2 atom stereocenters. The van der Waals surface area contributed by atoms with Crippen LogP contribution in [0.3, 0.4) is 0 Å². The number of aromatic nitrogens is 4. The van der Waals surface area contributed by atoms with Crippen LogP contribution in [0.25, 0.3) is 11.0 Å². The zero-order chi connectivity index (χ0) is 21.6. The summed E-state index contributed by atoms with van der Waals surface area (Å²) in [4.78, 5) is 26.4. The highest BCUT2D eigenvalue weighted by molar-refractivity contribution is 6.01. The van der Waals surface area contributed by atoms with E-state index in [1.807, 2.05) is 13.0 Å². The quantitative estimate of drug-likeness (QED) is 0.648. The van der Waals surface area contributed by atoms with E-state index in [1.54, 1.807) is 35.8 Å². The Morgan fingerprint density at radius 1 is 1.43 bits per heavy atom. The molecule has 0 bridgehead atoms. The average molecular weight is 411 g/mol. The monoisotopic (exact) mass is 411 g/mol. The number of carbonyl (C=O) groups is 1. The van der Waals surface area contributed by atoms with Crippen LogP contribution < -0.4 is 10.2 Å². The molecule has 0 aromatic carbocycles. The van der Waals surface area contributed by atoms with Crippen LogP contribution in [0.15, 0.2) is 18.5 Å². The fourth-order valence-electron chi connectivity index (χ4n) is 3.43. The van der Waals surface area contributed by atoms with E-state index < -0.39 is 23.9 Å². The molecule has 1 fully saturated rings. The van der Waals surface area contributed by atoms with E-state index in [1.165, 1.54) is 6.07 Å². The minimum atomic E-state index is -1.14. The zero-order valence-corrected chi connectivity index (χ0v) is 16.6. The normalized spacial score (nSPS) is 17.6. The van der Waals surface area contributed by atoms with Crippen molar-refractivity contribution >= 4 is 34.3 Å². The lowest BCUT2D eigenvalue weighted by molar-refractivity contribution is -0.117. The molecule has 3 aromatic heterocycles. The summed E-state index contributed by atoms with van der Waals surface area (Å²) in [5.74, 6) is -1.37. The minimum Gasteiger partial charge on any atom is -0.334 e. The van der Waals surface area contributed by atoms with Crippen molar-refractivity contribution < 1.29 is 13.6 Å². The lowest BCUT2D eigenvalue weighted by Crippen LogP contribution is -2.22. The molecular formula is C20H19F2N7O. The van der Waals surface area contributed by atoms with E-state index in [0.29, 0.717) is 29.0 Å². The summed E-state index contributed by atoms with van der Waals surface area (Å²) in [6, 6.07) is 5.07. The molecule has 10 heteroatoms. The number of fused-ring (bicyclic) bond motifs is 1. The first-order chi connectivity index (χ1) is 14.3. The number of anilines is 3. The maximum absolute atomic E-state index is 14.8. The molecule has 1 N–H and O–H groups in total. The molecular weight excluding hydrogens is 392 g/mol. The van der Waals surface area contributed by atoms with E-state index in [4.69, 9.17) is 5.26 Å². The van der Waals surface area contributed by atoms with Crippen molar-refractivity contribution in [1.29, 1.82) is 5.26 Å². The number of hydrogen-bond acceptors (Lipinski definition) is 6. The predicted octanol–water partition coefficient (Wildman–Crippen LogP) is 3.14. The van der Waals surface area contributed by atoms with Crippen LogP contribution in [0.1, 0.15) is 24.6 Å². The van der Waals surface area contributed by atoms with Crippen LogP contribution >= 0.6 is 0 Å². The summed E-state index contributed by atoms with van der Waals surface area (Å²) < 4.78 is 29.8. The molecule has 30 heavy (non-hydrogen) atoms. The summed E-state index contributed by atoms with van der Waals surface area (Å²) >= 11 is 0. The molecule has 3 heterocycles. The Hall–Kier alpha value is -3.61. The number of amides is 1. The Bertz CT molecular complexity index is 1180. The van der Waals surface area contributed by atoms with Gasteiger partial charge in [0.25, 0.3) is 0 Å². The number of pyridine rings is 2. The van der Waals surface area contributed by atoms with Crippen molar-refractivity contribution in [3.05, 3.63) is 35.7 Å². The average Bonchev–Trinajstić information content (AvgIpc) is 3.34. The zero-order valence-electron chi connectivity index (χ0n) is 16.6. The highest BCUT2D eigenvalue weighted by Crippen LogP contribution is 2.36. The second-order valence-corrected chi connectivity index (χ2v) is 7.22. The lowest BCUT2D eigenvalue weighted by Gasteiger charge is -2.25. The van der Waals surface area contributed by atoms with E-state index in [0.717, 1.165) is 0 Å². The maximum atomic E-state index is 14.8. The van der Waals surface area contributed by atoms with Crippen LogP contribution in [-0.4, -0.2) is 38.1 Å². The molecule has 1 aliphatic rings. The summed E-state index contributed by atoms with van der Waals surface area (Å²) in [6.45, 7) is 3.86. The topological polar surface area (TPSA) is 99.7 Å². The van der Waals surface area contributed by atoms with Crippen LogP contribution in [0, 0.1) is 30.1 Å². The van der Waals surface area contributed by atoms with Crippen molar-refractivity contribution in [2.75, 3.05) is 16.8 Å². The third kappa shape index (κ3) is 3.32. The number of imidazole rings is 1. The number of aryl methyl sites for hydroxylation is 2. The van der Waals surface area contributed by atoms with Crippen LogP contribution in [-0.2, 0) is 11.8 Å². The van der Waals surface area contributed by atoms with Gasteiger partial charge < -0.3 is 14.8 Å². The Labute approximate surface area is 171 Å². The van der Waals surface area contributed by atoms with E-state index in [2.05, 4.69) is 20.3 Å². The molecule has 154 valence electrons. The molecule has 1 saturated carbocycles. The second kappa shape index (κ2) is 7.33. The van der Waals surface area contributed by atoms with Gasteiger partial charge >= 0.3 is 0 Å². The smallest absolute Gasteiger partial charge is 0.238 e. The molecule has 4 rings (SSSR count). The van der Waals surface area contributed by atoms with Gasteiger partial charge in [0.2, 0.25) is 11.9 Å². The van der Waals surface area contributed by atoms with Gasteiger partial charge in [0.15, 0.2) is 5.82 Å². The second-order valence-electron chi connectivity index (χ2n) is 7.22. The Morgan fingerprint density at radius 3 is 2.77 bits per heavy atom. The first-order valence-corrected chi connectivity index (χ1v) is 9.45. The summed E-state index contributed by atoms with van der Waals surface area (Å²) in [6.07, 6.45) is 0.631. The molecule has 1 amide bonds. The predicted molar refractivity (Wildman–Crippen MR) is 106 cm³/mol. The molecule has 1 aliphatic carbocycles. The number of carbonyl (C=O) groups excluding carboxylic acids is 1. The number of nitriles is 1. The van der Waals surface area contributed by atoms with Crippen molar-refractivity contribution in [2.45, 2.75) is 26.4 Å². The van der Waals surface area contributed by atoms with Gasteiger partial charge in [0.1, 0.15) is 35.0 Å². The fraction of sp³-hybridized carbons (Fsp3) is 0.350. The molecule has 3 aromatic rings. The number of rotatable bonds is 5. The van der Waals surface area contributed by atoms with Gasteiger partial charge in [0, 0.05) is 19.7 Å². The van der Waals surface area contributed by atoms with E-state index in [9.17, 15) is 13.6 Å². The largest absolute Gasteiger partial charge is 0.334 e. The third-order valence-electron chi connectivity index (χ3n) is 5.11. The summed E-state index contributed by atoms with van der Waals surface area (Å²) in [7, 11) is 1.79. The van der Waals surface area contributed by atoms with Gasteiger partial charge in [-0.15, -0.1) is 0 Å². The van der Waals surface area contributed by atoms with E-state index >= 15 is 0 Å². The molecule has 0 radical (unpaired) electrons. The number of halogens is 2. The Kier molecular flexibility index (Phi) is 4.81. The van der Waals surface area contributed by atoms with Crippen molar-refractivity contribution in [3.63, 3.8) is 0 Å². The molecule has 8 nitrogen and oxygen atoms in total. The molecule has 0 spiro atoms. The fourth-order valence-corrected chi connectivity index (χ4v) is 3.43. The Balaban J connectivity index is 1.82. The maximum Gasteiger partial charge on any atom is 0.238 e. The standard InChI is InChI=1S/C20H19F2N7O/c1-4-29(17-10(2)5-11(8-23)25-18(17)22)15-7-14-16(24-9-28(14)3)19(26-15)27-20(30)12-6-13(12)21/h5,7,9,12-13H,4,6H2,1-3H3,(H,26,27,30)/t12-,13+/m0/s1. The van der Waals surface area contributed by atoms with Crippen LogP contribution in [0.2, 0.25) is 0 Å². The minimum absolute atomic E-state index is 0.0157. The molecule has 0 saturated heterocycles. The number of hydrogen-bond donors (Lipinski definition) is 1. The highest BCUT2D eigenvalue weighted by Gasteiger charge is 2.44. The highest BCUT2D eigenvalue weighted by atomic mass is 19.1. The van der Waals surface area contributed by atoms with Gasteiger partial charge in [-0.05, 0) is 31.9 Å².